The average Bonchev–Trinajstić information content (AvgIpc) is 3.47. The lowest BCUT2D eigenvalue weighted by Crippen LogP contribution is -2.38. The molecule has 0 radical (unpaired) electrons. The van der Waals surface area contributed by atoms with Crippen LogP contribution in [0.5, 0.6) is 0 Å². The van der Waals surface area contributed by atoms with Gasteiger partial charge < -0.3 is 19.4 Å². The predicted molar refractivity (Wildman–Crippen MR) is 138 cm³/mol. The Kier molecular flexibility index (Phi) is 7.37. The highest BCUT2D eigenvalue weighted by atomic mass is 35.5. The first kappa shape index (κ1) is 23.6. The summed E-state index contributed by atoms with van der Waals surface area (Å²) in [5, 5.41) is 5.17. The zero-order valence-electron chi connectivity index (χ0n) is 18.6. The lowest BCUT2D eigenvalue weighted by atomic mass is 10.0. The van der Waals surface area contributed by atoms with Crippen molar-refractivity contribution in [1.29, 1.82) is 0 Å². The Morgan fingerprint density at radius 1 is 1.03 bits per heavy atom. The van der Waals surface area contributed by atoms with Gasteiger partial charge >= 0.3 is 0 Å². The summed E-state index contributed by atoms with van der Waals surface area (Å²) in [5.74, 6) is 1.48. The van der Waals surface area contributed by atoms with Gasteiger partial charge in [-0.05, 0) is 55.0 Å². The SMILES string of the molecule is S=C1N[C@@H](c2ccccn2)[C@H](c2ccc(-c3cccc(Cl)c3Cl)o2)N1CCCN1CCOCC1. The summed E-state index contributed by atoms with van der Waals surface area (Å²) in [6.07, 6.45) is 2.79. The van der Waals surface area contributed by atoms with E-state index in [-0.39, 0.29) is 12.1 Å². The molecule has 1 N–H and O–H groups in total. The van der Waals surface area contributed by atoms with E-state index >= 15 is 0 Å². The molecule has 5 rings (SSSR count). The molecule has 0 amide bonds. The second-order valence-electron chi connectivity index (χ2n) is 8.43. The van der Waals surface area contributed by atoms with E-state index in [1.54, 1.807) is 12.3 Å². The fraction of sp³-hybridized carbons (Fsp3) is 0.360. The van der Waals surface area contributed by atoms with Gasteiger partial charge in [0.2, 0.25) is 0 Å². The van der Waals surface area contributed by atoms with E-state index in [2.05, 4.69) is 20.1 Å². The minimum Gasteiger partial charge on any atom is -0.459 e. The lowest BCUT2D eigenvalue weighted by molar-refractivity contribution is 0.0365. The summed E-state index contributed by atoms with van der Waals surface area (Å²) in [4.78, 5) is 9.26. The van der Waals surface area contributed by atoms with Crippen molar-refractivity contribution in [3.8, 4) is 11.3 Å². The molecule has 178 valence electrons. The third-order valence-corrected chi connectivity index (χ3v) is 7.48. The molecule has 2 aliphatic heterocycles. The maximum absolute atomic E-state index is 6.46. The molecule has 6 nitrogen and oxygen atoms in total. The van der Waals surface area contributed by atoms with Crippen LogP contribution in [0.3, 0.4) is 0 Å². The number of morpholine rings is 1. The first-order valence-electron chi connectivity index (χ1n) is 11.4. The number of nitrogens with one attached hydrogen (secondary N) is 1. The molecule has 2 fully saturated rings. The Morgan fingerprint density at radius 2 is 1.88 bits per heavy atom. The van der Waals surface area contributed by atoms with Crippen molar-refractivity contribution >= 4 is 40.5 Å². The predicted octanol–water partition coefficient (Wildman–Crippen LogP) is 5.34. The molecule has 0 unspecified atom stereocenters. The van der Waals surface area contributed by atoms with Gasteiger partial charge in [-0.3, -0.25) is 9.88 Å². The van der Waals surface area contributed by atoms with Crippen LogP contribution >= 0.6 is 35.4 Å². The number of benzene rings is 1. The smallest absolute Gasteiger partial charge is 0.170 e. The third-order valence-electron chi connectivity index (χ3n) is 6.31. The standard InChI is InChI=1S/C25H26Cl2N4O2S/c26-18-6-3-5-17(22(18)27)20-8-9-21(33-20)24-23(19-7-1-2-10-28-19)29-25(34)31(24)12-4-11-30-13-15-32-16-14-30/h1-3,5-10,23-24H,4,11-16H2,(H,29,34)/t23-,24-/m0/s1. The quantitative estimate of drug-likeness (QED) is 0.425. The van der Waals surface area contributed by atoms with Crippen molar-refractivity contribution in [3.63, 3.8) is 0 Å². The number of aromatic nitrogens is 1. The number of thiocarbonyl (C=S) groups is 1. The number of furan rings is 1. The number of hydrogen-bond donors (Lipinski definition) is 1. The molecule has 4 heterocycles. The van der Waals surface area contributed by atoms with Crippen LogP contribution in [0.1, 0.15) is 30.0 Å². The Morgan fingerprint density at radius 3 is 2.68 bits per heavy atom. The molecule has 2 aliphatic rings. The number of rotatable bonds is 7. The highest BCUT2D eigenvalue weighted by Crippen LogP contribution is 2.42. The van der Waals surface area contributed by atoms with E-state index in [0.717, 1.165) is 62.8 Å². The maximum Gasteiger partial charge on any atom is 0.170 e. The highest BCUT2D eigenvalue weighted by molar-refractivity contribution is 7.80. The first-order chi connectivity index (χ1) is 16.6. The molecule has 34 heavy (non-hydrogen) atoms. The molecule has 3 aromatic rings. The van der Waals surface area contributed by atoms with Crippen LogP contribution in [0.4, 0.5) is 0 Å². The van der Waals surface area contributed by atoms with Gasteiger partial charge in [0.05, 0.1) is 35.0 Å². The van der Waals surface area contributed by atoms with E-state index in [4.69, 9.17) is 44.6 Å². The van der Waals surface area contributed by atoms with E-state index in [0.29, 0.717) is 20.9 Å². The number of ether oxygens (including phenoxy) is 1. The second kappa shape index (κ2) is 10.6. The number of pyridine rings is 1. The highest BCUT2D eigenvalue weighted by Gasteiger charge is 2.41. The van der Waals surface area contributed by atoms with Crippen molar-refractivity contribution < 1.29 is 9.15 Å². The van der Waals surface area contributed by atoms with E-state index in [9.17, 15) is 0 Å². The van der Waals surface area contributed by atoms with Crippen LogP contribution in [-0.4, -0.2) is 59.3 Å². The molecular formula is C25H26Cl2N4O2S. The minimum absolute atomic E-state index is 0.120. The summed E-state index contributed by atoms with van der Waals surface area (Å²) < 4.78 is 11.8. The van der Waals surface area contributed by atoms with Crippen LogP contribution < -0.4 is 5.32 Å². The first-order valence-corrected chi connectivity index (χ1v) is 12.6. The third kappa shape index (κ3) is 4.95. The molecule has 0 aliphatic carbocycles. The van der Waals surface area contributed by atoms with E-state index in [1.165, 1.54) is 0 Å². The Hall–Kier alpha value is -2.16. The molecule has 0 bridgehead atoms. The van der Waals surface area contributed by atoms with Gasteiger partial charge in [0.1, 0.15) is 17.6 Å². The van der Waals surface area contributed by atoms with Crippen molar-refractivity contribution in [2.75, 3.05) is 39.4 Å². The van der Waals surface area contributed by atoms with Crippen molar-refractivity contribution in [1.82, 2.24) is 20.1 Å². The maximum atomic E-state index is 6.46. The molecule has 0 spiro atoms. The van der Waals surface area contributed by atoms with Crippen LogP contribution in [0, 0.1) is 0 Å². The molecule has 9 heteroatoms. The Balaban J connectivity index is 1.41. The zero-order valence-corrected chi connectivity index (χ0v) is 21.0. The zero-order chi connectivity index (χ0) is 23.5. The van der Waals surface area contributed by atoms with Gasteiger partial charge in [-0.2, -0.15) is 0 Å². The fourth-order valence-corrected chi connectivity index (χ4v) is 5.32. The van der Waals surface area contributed by atoms with Crippen LogP contribution in [0.25, 0.3) is 11.3 Å². The van der Waals surface area contributed by atoms with Gasteiger partial charge in [-0.25, -0.2) is 0 Å². The Bertz CT molecular complexity index is 1140. The minimum atomic E-state index is -0.126. The normalized spacial score (nSPS) is 21.1. The topological polar surface area (TPSA) is 53.8 Å². The van der Waals surface area contributed by atoms with E-state index in [1.807, 2.05) is 42.5 Å². The van der Waals surface area contributed by atoms with Gasteiger partial charge in [0, 0.05) is 37.9 Å². The molecular weight excluding hydrogens is 491 g/mol. The summed E-state index contributed by atoms with van der Waals surface area (Å²) in [7, 11) is 0. The number of nitrogens with zero attached hydrogens (tertiary/aromatic N) is 3. The van der Waals surface area contributed by atoms with Gasteiger partial charge in [0.25, 0.3) is 0 Å². The molecule has 2 aromatic heterocycles. The van der Waals surface area contributed by atoms with Crippen LogP contribution in [-0.2, 0) is 4.74 Å². The second-order valence-corrected chi connectivity index (χ2v) is 9.60. The molecule has 1 aromatic carbocycles. The molecule has 2 atom stereocenters. The van der Waals surface area contributed by atoms with Crippen molar-refractivity contribution in [2.24, 2.45) is 0 Å². The van der Waals surface area contributed by atoms with Gasteiger partial charge in [-0.15, -0.1) is 0 Å². The molecule has 0 saturated carbocycles. The van der Waals surface area contributed by atoms with Crippen molar-refractivity contribution in [2.45, 2.75) is 18.5 Å². The fourth-order valence-electron chi connectivity index (χ4n) is 4.60. The Labute approximate surface area is 214 Å². The van der Waals surface area contributed by atoms with Crippen LogP contribution in [0.2, 0.25) is 10.0 Å². The number of hydrogen-bond acceptors (Lipinski definition) is 5. The summed E-state index contributed by atoms with van der Waals surface area (Å²) in [6, 6.07) is 15.2. The number of halogens is 2. The monoisotopic (exact) mass is 516 g/mol. The van der Waals surface area contributed by atoms with Gasteiger partial charge in [0.15, 0.2) is 5.11 Å². The summed E-state index contributed by atoms with van der Waals surface area (Å²) >= 11 is 18.5. The summed E-state index contributed by atoms with van der Waals surface area (Å²) in [5.41, 5.74) is 1.69. The van der Waals surface area contributed by atoms with Crippen LogP contribution in [0.15, 0.2) is 59.1 Å². The molecule has 2 saturated heterocycles. The lowest BCUT2D eigenvalue weighted by Gasteiger charge is -2.29. The largest absolute Gasteiger partial charge is 0.459 e. The van der Waals surface area contributed by atoms with Gasteiger partial charge in [-0.1, -0.05) is 35.3 Å². The summed E-state index contributed by atoms with van der Waals surface area (Å²) in [6.45, 7) is 5.37. The van der Waals surface area contributed by atoms with Crippen molar-refractivity contribution in [3.05, 3.63) is 76.2 Å². The van der Waals surface area contributed by atoms with E-state index < -0.39 is 0 Å². The average molecular weight is 517 g/mol.